The van der Waals surface area contributed by atoms with Crippen molar-refractivity contribution >= 4 is 23.5 Å². The summed E-state index contributed by atoms with van der Waals surface area (Å²) in [6, 6.07) is 17.5. The number of benzene rings is 2. The lowest BCUT2D eigenvalue weighted by Gasteiger charge is -2.43. The van der Waals surface area contributed by atoms with Crippen molar-refractivity contribution in [1.29, 1.82) is 0 Å². The number of aromatic nitrogens is 2. The van der Waals surface area contributed by atoms with E-state index < -0.39 is 0 Å². The molecule has 0 saturated carbocycles. The number of nitrogens with zero attached hydrogens (tertiary/aromatic N) is 4. The monoisotopic (exact) mass is 420 g/mol. The summed E-state index contributed by atoms with van der Waals surface area (Å²) in [7, 11) is 0. The molecular weight excluding hydrogens is 396 g/mol. The standard InChI is InChI=1S/C24H25ClN4O/c1-17(2)22-16-28(24-26-12-3-13-27-24)14-15-29(22)23(30)20-6-4-18(5-7-20)19-8-10-21(25)11-9-19/h3-13,17,22H,14-16H2,1-2H3/t22-/m1/s1. The maximum Gasteiger partial charge on any atom is 0.254 e. The fourth-order valence-corrected chi connectivity index (χ4v) is 4.01. The summed E-state index contributed by atoms with van der Waals surface area (Å²) in [6.45, 7) is 6.42. The highest BCUT2D eigenvalue weighted by Crippen LogP contribution is 2.25. The zero-order valence-electron chi connectivity index (χ0n) is 17.2. The first-order chi connectivity index (χ1) is 14.5. The van der Waals surface area contributed by atoms with Crippen molar-refractivity contribution in [2.75, 3.05) is 24.5 Å². The Hall–Kier alpha value is -2.92. The highest BCUT2D eigenvalue weighted by Gasteiger charge is 2.33. The first kappa shape index (κ1) is 20.4. The maximum absolute atomic E-state index is 13.3. The van der Waals surface area contributed by atoms with E-state index in [1.54, 1.807) is 12.4 Å². The Morgan fingerprint density at radius 1 is 0.967 bits per heavy atom. The van der Waals surface area contributed by atoms with E-state index in [9.17, 15) is 4.79 Å². The van der Waals surface area contributed by atoms with Gasteiger partial charge in [-0.2, -0.15) is 0 Å². The summed E-state index contributed by atoms with van der Waals surface area (Å²) >= 11 is 5.98. The quantitative estimate of drug-likeness (QED) is 0.609. The summed E-state index contributed by atoms with van der Waals surface area (Å²) in [5, 5.41) is 0.713. The maximum atomic E-state index is 13.3. The number of hydrogen-bond donors (Lipinski definition) is 0. The minimum absolute atomic E-state index is 0.0741. The number of amides is 1. The molecule has 0 radical (unpaired) electrons. The molecule has 2 heterocycles. The van der Waals surface area contributed by atoms with Crippen molar-refractivity contribution in [3.05, 3.63) is 77.6 Å². The second-order valence-electron chi connectivity index (χ2n) is 7.89. The van der Waals surface area contributed by atoms with Crippen molar-refractivity contribution in [3.63, 3.8) is 0 Å². The molecule has 0 unspecified atom stereocenters. The van der Waals surface area contributed by atoms with Gasteiger partial charge >= 0.3 is 0 Å². The van der Waals surface area contributed by atoms with Gasteiger partial charge in [0.1, 0.15) is 0 Å². The molecule has 0 bridgehead atoms. The van der Waals surface area contributed by atoms with Crippen molar-refractivity contribution in [2.45, 2.75) is 19.9 Å². The average Bonchev–Trinajstić information content (AvgIpc) is 2.79. The summed E-state index contributed by atoms with van der Waals surface area (Å²) in [4.78, 5) is 26.2. The third-order valence-electron chi connectivity index (χ3n) is 5.59. The summed E-state index contributed by atoms with van der Waals surface area (Å²) in [5.74, 6) is 1.13. The van der Waals surface area contributed by atoms with Crippen LogP contribution in [0.15, 0.2) is 67.0 Å². The van der Waals surface area contributed by atoms with Crippen molar-refractivity contribution in [2.24, 2.45) is 5.92 Å². The van der Waals surface area contributed by atoms with Crippen molar-refractivity contribution in [3.8, 4) is 11.1 Å². The number of anilines is 1. The second-order valence-corrected chi connectivity index (χ2v) is 8.33. The summed E-state index contributed by atoms with van der Waals surface area (Å²) in [6.07, 6.45) is 3.51. The van der Waals surface area contributed by atoms with Gasteiger partial charge in [-0.3, -0.25) is 4.79 Å². The predicted octanol–water partition coefficient (Wildman–Crippen LogP) is 4.78. The van der Waals surface area contributed by atoms with E-state index in [2.05, 4.69) is 28.7 Å². The highest BCUT2D eigenvalue weighted by molar-refractivity contribution is 6.30. The minimum Gasteiger partial charge on any atom is -0.337 e. The first-order valence-corrected chi connectivity index (χ1v) is 10.6. The number of carbonyl (C=O) groups excluding carboxylic acids is 1. The number of carbonyl (C=O) groups is 1. The third-order valence-corrected chi connectivity index (χ3v) is 5.85. The van der Waals surface area contributed by atoms with Crippen LogP contribution >= 0.6 is 11.6 Å². The molecule has 1 atom stereocenters. The van der Waals surface area contributed by atoms with Gasteiger partial charge in [0.05, 0.1) is 6.04 Å². The molecule has 1 aliphatic heterocycles. The van der Waals surface area contributed by atoms with E-state index in [-0.39, 0.29) is 11.9 Å². The molecule has 2 aromatic carbocycles. The Kier molecular flexibility index (Phi) is 6.00. The molecular formula is C24H25ClN4O. The van der Waals surface area contributed by atoms with Gasteiger partial charge in [0, 0.05) is 42.6 Å². The molecule has 1 amide bonds. The van der Waals surface area contributed by atoms with E-state index in [1.807, 2.05) is 59.5 Å². The van der Waals surface area contributed by atoms with Crippen LogP contribution in [0.2, 0.25) is 5.02 Å². The molecule has 30 heavy (non-hydrogen) atoms. The molecule has 154 valence electrons. The van der Waals surface area contributed by atoms with Crippen LogP contribution in [0.25, 0.3) is 11.1 Å². The van der Waals surface area contributed by atoms with Crippen LogP contribution in [0.3, 0.4) is 0 Å². The molecule has 4 rings (SSSR count). The number of piperazine rings is 1. The van der Waals surface area contributed by atoms with Crippen LogP contribution in [-0.2, 0) is 0 Å². The smallest absolute Gasteiger partial charge is 0.254 e. The van der Waals surface area contributed by atoms with E-state index >= 15 is 0 Å². The Morgan fingerprint density at radius 2 is 1.57 bits per heavy atom. The topological polar surface area (TPSA) is 49.3 Å². The lowest BCUT2D eigenvalue weighted by atomic mass is 9.98. The zero-order valence-corrected chi connectivity index (χ0v) is 18.0. The number of hydrogen-bond acceptors (Lipinski definition) is 4. The van der Waals surface area contributed by atoms with Crippen LogP contribution in [0.4, 0.5) is 5.95 Å². The molecule has 1 fully saturated rings. The molecule has 1 aromatic heterocycles. The largest absolute Gasteiger partial charge is 0.337 e. The van der Waals surface area contributed by atoms with Gasteiger partial charge in [-0.1, -0.05) is 49.7 Å². The van der Waals surface area contributed by atoms with Gasteiger partial charge in [0.15, 0.2) is 0 Å². The Labute approximate surface area is 182 Å². The van der Waals surface area contributed by atoms with E-state index in [1.165, 1.54) is 0 Å². The highest BCUT2D eigenvalue weighted by atomic mass is 35.5. The number of rotatable bonds is 4. The summed E-state index contributed by atoms with van der Waals surface area (Å²) < 4.78 is 0. The normalized spacial score (nSPS) is 16.7. The predicted molar refractivity (Wildman–Crippen MR) is 121 cm³/mol. The molecule has 1 aliphatic rings. The lowest BCUT2D eigenvalue weighted by molar-refractivity contribution is 0.0598. The molecule has 0 aliphatic carbocycles. The van der Waals surface area contributed by atoms with Crippen LogP contribution in [-0.4, -0.2) is 46.5 Å². The lowest BCUT2D eigenvalue weighted by Crippen LogP contribution is -2.57. The molecule has 5 nitrogen and oxygen atoms in total. The first-order valence-electron chi connectivity index (χ1n) is 10.2. The Bertz CT molecular complexity index is 990. The van der Waals surface area contributed by atoms with E-state index in [0.29, 0.717) is 23.0 Å². The van der Waals surface area contributed by atoms with Gasteiger partial charge < -0.3 is 9.80 Å². The van der Waals surface area contributed by atoms with E-state index in [4.69, 9.17) is 11.6 Å². The molecule has 3 aromatic rings. The van der Waals surface area contributed by atoms with Crippen LogP contribution in [0, 0.1) is 5.92 Å². The molecule has 0 N–H and O–H groups in total. The second kappa shape index (κ2) is 8.84. The average molecular weight is 421 g/mol. The SMILES string of the molecule is CC(C)[C@H]1CN(c2ncccn2)CCN1C(=O)c1ccc(-c2ccc(Cl)cc2)cc1. The van der Waals surface area contributed by atoms with Crippen LogP contribution in [0.1, 0.15) is 24.2 Å². The van der Waals surface area contributed by atoms with Crippen LogP contribution in [0.5, 0.6) is 0 Å². The van der Waals surface area contributed by atoms with Gasteiger partial charge in [-0.05, 0) is 47.4 Å². The number of halogens is 1. The Balaban J connectivity index is 1.51. The Morgan fingerprint density at radius 3 is 2.17 bits per heavy atom. The van der Waals surface area contributed by atoms with Crippen LogP contribution < -0.4 is 4.90 Å². The van der Waals surface area contributed by atoms with Crippen molar-refractivity contribution < 1.29 is 4.79 Å². The van der Waals surface area contributed by atoms with Gasteiger partial charge in [-0.25, -0.2) is 9.97 Å². The van der Waals surface area contributed by atoms with Gasteiger partial charge in [0.25, 0.3) is 5.91 Å². The minimum atomic E-state index is 0.0741. The summed E-state index contributed by atoms with van der Waals surface area (Å²) in [5.41, 5.74) is 2.85. The molecule has 6 heteroatoms. The fourth-order valence-electron chi connectivity index (χ4n) is 3.88. The van der Waals surface area contributed by atoms with E-state index in [0.717, 1.165) is 30.2 Å². The van der Waals surface area contributed by atoms with Gasteiger partial charge in [0.2, 0.25) is 5.95 Å². The van der Waals surface area contributed by atoms with Crippen molar-refractivity contribution in [1.82, 2.24) is 14.9 Å². The molecule has 0 spiro atoms. The third kappa shape index (κ3) is 4.31. The zero-order chi connectivity index (χ0) is 21.1. The fraction of sp³-hybridized carbons (Fsp3) is 0.292. The molecule has 1 saturated heterocycles. The van der Waals surface area contributed by atoms with Gasteiger partial charge in [-0.15, -0.1) is 0 Å².